The zero-order valence-electron chi connectivity index (χ0n) is 28.7. The predicted octanol–water partition coefficient (Wildman–Crippen LogP) is 9.54. The van der Waals surface area contributed by atoms with E-state index in [1.165, 1.54) is 101 Å². The van der Waals surface area contributed by atoms with Crippen LogP contribution in [0, 0.1) is 50.7 Å². The summed E-state index contributed by atoms with van der Waals surface area (Å²) < 4.78 is 9.15. The lowest BCUT2D eigenvalue weighted by Gasteiger charge is -2.72. The summed E-state index contributed by atoms with van der Waals surface area (Å²) in [4.78, 5) is 0. The Morgan fingerprint density at radius 2 is 1.52 bits per heavy atom. The molecule has 0 radical (unpaired) electrons. The van der Waals surface area contributed by atoms with E-state index in [0.29, 0.717) is 39.1 Å². The van der Waals surface area contributed by atoms with Gasteiger partial charge in [0.15, 0.2) is 0 Å². The van der Waals surface area contributed by atoms with E-state index in [4.69, 9.17) is 15.0 Å². The highest BCUT2D eigenvalue weighted by Crippen LogP contribution is 2.77. The standard InChI is InChI=1S/C38H63N3O/c1-9-10-11-12-13-14-23-41-31-27(39-40-41)24-35(6)28(34(31,4)5)17-18-37(8)29(35)16-15-26-30-32-33(2,3)19-21-38(30,25-42-32)22-20-36(26,37)7/h26,28-30,32H,9-25H2,1-8H3/t26-,28+,29-,30+,32-,35+,36-,37-,38-/m1/s1. The summed E-state index contributed by atoms with van der Waals surface area (Å²) in [6.07, 6.45) is 20.8. The summed E-state index contributed by atoms with van der Waals surface area (Å²) in [6, 6.07) is 0. The Labute approximate surface area is 257 Å². The summed E-state index contributed by atoms with van der Waals surface area (Å²) in [7, 11) is 0. The summed E-state index contributed by atoms with van der Waals surface area (Å²) in [5, 5.41) is 9.82. The fraction of sp³-hybridized carbons (Fsp3) is 0.947. The number of ether oxygens (including phenoxy) is 1. The van der Waals surface area contributed by atoms with Crippen molar-refractivity contribution in [1.29, 1.82) is 0 Å². The minimum atomic E-state index is 0.129. The maximum atomic E-state index is 6.80. The number of hydrogen-bond acceptors (Lipinski definition) is 3. The summed E-state index contributed by atoms with van der Waals surface area (Å²) in [6.45, 7) is 22.8. The van der Waals surface area contributed by atoms with Crippen LogP contribution in [0.4, 0.5) is 0 Å². The first-order chi connectivity index (χ1) is 19.8. The fourth-order valence-electron chi connectivity index (χ4n) is 13.7. The molecular weight excluding hydrogens is 514 g/mol. The molecule has 0 unspecified atom stereocenters. The van der Waals surface area contributed by atoms with Gasteiger partial charge >= 0.3 is 0 Å². The van der Waals surface area contributed by atoms with Crippen molar-refractivity contribution < 1.29 is 4.74 Å². The van der Waals surface area contributed by atoms with Crippen molar-refractivity contribution in [2.75, 3.05) is 6.61 Å². The zero-order chi connectivity index (χ0) is 29.8. The number of fused-ring (bicyclic) bond motifs is 6. The number of nitrogens with zero attached hydrogens (tertiary/aromatic N) is 3. The molecule has 0 spiro atoms. The van der Waals surface area contributed by atoms with Gasteiger partial charge in [-0.3, -0.25) is 0 Å². The molecule has 4 nitrogen and oxygen atoms in total. The Kier molecular flexibility index (Phi) is 6.95. The molecule has 5 fully saturated rings. The molecule has 6 aliphatic rings. The number of aromatic nitrogens is 3. The van der Waals surface area contributed by atoms with Crippen molar-refractivity contribution in [1.82, 2.24) is 15.0 Å². The van der Waals surface area contributed by atoms with E-state index in [-0.39, 0.29) is 5.41 Å². The van der Waals surface area contributed by atoms with Gasteiger partial charge in [0.1, 0.15) is 0 Å². The quantitative estimate of drug-likeness (QED) is 0.303. The molecule has 1 aromatic heterocycles. The van der Waals surface area contributed by atoms with Crippen LogP contribution in [-0.4, -0.2) is 27.7 Å². The van der Waals surface area contributed by atoms with Crippen LogP contribution in [-0.2, 0) is 23.1 Å². The third-order valence-electron chi connectivity index (χ3n) is 16.0. The number of rotatable bonds is 7. The van der Waals surface area contributed by atoms with Gasteiger partial charge in [0.05, 0.1) is 24.1 Å². The van der Waals surface area contributed by atoms with Gasteiger partial charge < -0.3 is 4.74 Å². The van der Waals surface area contributed by atoms with Crippen molar-refractivity contribution in [2.45, 2.75) is 170 Å². The molecule has 1 saturated heterocycles. The molecule has 236 valence electrons. The molecule has 42 heavy (non-hydrogen) atoms. The summed E-state index contributed by atoms with van der Waals surface area (Å²) in [5.41, 5.74) is 4.87. The van der Waals surface area contributed by atoms with E-state index in [9.17, 15) is 0 Å². The first kappa shape index (κ1) is 29.8. The second-order valence-electron chi connectivity index (χ2n) is 18.6. The van der Waals surface area contributed by atoms with E-state index < -0.39 is 0 Å². The molecular formula is C38H63N3O. The van der Waals surface area contributed by atoms with Crippen molar-refractivity contribution >= 4 is 0 Å². The zero-order valence-corrected chi connectivity index (χ0v) is 28.7. The first-order valence-corrected chi connectivity index (χ1v) is 18.4. The van der Waals surface area contributed by atoms with Gasteiger partial charge in [-0.05, 0) is 115 Å². The first-order valence-electron chi connectivity index (χ1n) is 18.4. The molecule has 4 saturated carbocycles. The molecule has 9 atom stereocenters. The van der Waals surface area contributed by atoms with Gasteiger partial charge in [-0.25, -0.2) is 4.68 Å². The Balaban J connectivity index is 1.17. The summed E-state index contributed by atoms with van der Waals surface area (Å²) >= 11 is 0. The maximum Gasteiger partial charge on any atom is 0.0870 e. The minimum Gasteiger partial charge on any atom is -0.377 e. The molecule has 2 heterocycles. The smallest absolute Gasteiger partial charge is 0.0870 e. The van der Waals surface area contributed by atoms with Gasteiger partial charge in [-0.15, -0.1) is 5.10 Å². The van der Waals surface area contributed by atoms with Crippen LogP contribution in [0.3, 0.4) is 0 Å². The molecule has 4 heteroatoms. The average Bonchev–Trinajstić information content (AvgIpc) is 3.49. The second kappa shape index (κ2) is 9.80. The highest BCUT2D eigenvalue weighted by molar-refractivity contribution is 5.32. The van der Waals surface area contributed by atoms with Crippen LogP contribution in [0.25, 0.3) is 0 Å². The molecule has 5 aliphatic carbocycles. The van der Waals surface area contributed by atoms with E-state index in [0.717, 1.165) is 37.3 Å². The molecule has 0 amide bonds. The third kappa shape index (κ3) is 3.87. The van der Waals surface area contributed by atoms with Crippen LogP contribution in [0.5, 0.6) is 0 Å². The van der Waals surface area contributed by atoms with Crippen molar-refractivity contribution in [2.24, 2.45) is 50.7 Å². The largest absolute Gasteiger partial charge is 0.377 e. The van der Waals surface area contributed by atoms with Gasteiger partial charge in [0.2, 0.25) is 0 Å². The van der Waals surface area contributed by atoms with Crippen molar-refractivity contribution in [3.63, 3.8) is 0 Å². The molecule has 0 aromatic carbocycles. The van der Waals surface area contributed by atoms with Gasteiger partial charge in [-0.1, -0.05) is 92.7 Å². The Hall–Kier alpha value is -0.900. The third-order valence-corrected chi connectivity index (χ3v) is 16.0. The normalized spacial score (nSPS) is 46.2. The van der Waals surface area contributed by atoms with E-state index in [2.05, 4.69) is 60.1 Å². The number of aryl methyl sites for hydroxylation is 1. The number of unbranched alkanes of at least 4 members (excludes halogenated alkanes) is 5. The monoisotopic (exact) mass is 577 g/mol. The van der Waals surface area contributed by atoms with E-state index in [1.807, 2.05) is 0 Å². The van der Waals surface area contributed by atoms with Crippen LogP contribution in [0.2, 0.25) is 0 Å². The van der Waals surface area contributed by atoms with E-state index in [1.54, 1.807) is 0 Å². The topological polar surface area (TPSA) is 39.9 Å². The van der Waals surface area contributed by atoms with Crippen LogP contribution in [0.1, 0.15) is 157 Å². The minimum absolute atomic E-state index is 0.129. The maximum absolute atomic E-state index is 6.80. The Morgan fingerprint density at radius 3 is 2.31 bits per heavy atom. The SMILES string of the molecule is CCCCCCCCn1nnc2c1C(C)(C)[C@@H]1CC[C@]3(C)[C@H](CC[C@@H]4[C@H]5[C@H]6OC[C@@]5(CCC6(C)C)CC[C@]43C)[C@@]1(C)C2. The predicted molar refractivity (Wildman–Crippen MR) is 171 cm³/mol. The lowest BCUT2D eigenvalue weighted by atomic mass is 9.31. The van der Waals surface area contributed by atoms with Crippen molar-refractivity contribution in [3.05, 3.63) is 11.4 Å². The average molecular weight is 578 g/mol. The molecule has 7 rings (SSSR count). The van der Waals surface area contributed by atoms with Crippen LogP contribution in [0.15, 0.2) is 0 Å². The molecule has 2 bridgehead atoms. The fourth-order valence-corrected chi connectivity index (χ4v) is 13.7. The highest BCUT2D eigenvalue weighted by atomic mass is 16.5. The molecule has 1 aliphatic heterocycles. The highest BCUT2D eigenvalue weighted by Gasteiger charge is 2.72. The lowest BCUT2D eigenvalue weighted by molar-refractivity contribution is -0.233. The van der Waals surface area contributed by atoms with Gasteiger partial charge in [0.25, 0.3) is 0 Å². The van der Waals surface area contributed by atoms with Crippen LogP contribution >= 0.6 is 0 Å². The van der Waals surface area contributed by atoms with Gasteiger partial charge in [0, 0.05) is 12.0 Å². The Bertz CT molecular complexity index is 1180. The van der Waals surface area contributed by atoms with Crippen LogP contribution < -0.4 is 0 Å². The number of hydrogen-bond donors (Lipinski definition) is 0. The van der Waals surface area contributed by atoms with Gasteiger partial charge in [-0.2, -0.15) is 0 Å². The molecule has 0 N–H and O–H groups in total. The van der Waals surface area contributed by atoms with Crippen molar-refractivity contribution in [3.8, 4) is 0 Å². The molecule has 1 aromatic rings. The van der Waals surface area contributed by atoms with E-state index >= 15 is 0 Å². The Morgan fingerprint density at radius 1 is 0.786 bits per heavy atom. The summed E-state index contributed by atoms with van der Waals surface area (Å²) in [5.74, 6) is 3.08. The second-order valence-corrected chi connectivity index (χ2v) is 18.6. The lowest BCUT2D eigenvalue weighted by Crippen LogP contribution is -2.67.